The minimum atomic E-state index is -1.08. The Morgan fingerprint density at radius 1 is 1.14 bits per heavy atom. The average Bonchev–Trinajstić information content (AvgIpc) is 3.17. The molecule has 6 heteroatoms. The van der Waals surface area contributed by atoms with Crippen molar-refractivity contribution in [2.45, 2.75) is 39.5 Å². The van der Waals surface area contributed by atoms with Gasteiger partial charge in [0.2, 0.25) is 5.91 Å². The third-order valence-electron chi connectivity index (χ3n) is 4.66. The van der Waals surface area contributed by atoms with E-state index in [0.29, 0.717) is 24.0 Å². The van der Waals surface area contributed by atoms with Gasteiger partial charge >= 0.3 is 5.97 Å². The summed E-state index contributed by atoms with van der Waals surface area (Å²) in [5, 5.41) is 11.9. The molecule has 150 valence electrons. The fraction of sp³-hybridized carbons (Fsp3) is 0.261. The van der Waals surface area contributed by atoms with Gasteiger partial charge in [-0.05, 0) is 30.5 Å². The normalized spacial score (nSPS) is 10.9. The molecule has 0 spiro atoms. The monoisotopic (exact) mass is 392 g/mol. The lowest BCUT2D eigenvalue weighted by molar-refractivity contribution is -0.116. The number of hydrogen-bond acceptors (Lipinski definition) is 4. The maximum Gasteiger partial charge on any atom is 0.337 e. The first-order chi connectivity index (χ1) is 13.8. The zero-order valence-electron chi connectivity index (χ0n) is 16.7. The first-order valence-corrected chi connectivity index (χ1v) is 9.52. The van der Waals surface area contributed by atoms with Crippen LogP contribution in [0.5, 0.6) is 0 Å². The summed E-state index contributed by atoms with van der Waals surface area (Å²) in [7, 11) is 0. The van der Waals surface area contributed by atoms with E-state index in [1.165, 1.54) is 11.6 Å². The molecule has 0 aliphatic rings. The Hall–Kier alpha value is -3.41. The summed E-state index contributed by atoms with van der Waals surface area (Å²) in [5.41, 5.74) is 3.35. The summed E-state index contributed by atoms with van der Waals surface area (Å²) in [6, 6.07) is 13.0. The number of rotatable bonds is 7. The number of amides is 1. The van der Waals surface area contributed by atoms with E-state index in [-0.39, 0.29) is 23.6 Å². The lowest BCUT2D eigenvalue weighted by Crippen LogP contribution is -2.15. The van der Waals surface area contributed by atoms with Gasteiger partial charge in [-0.3, -0.25) is 4.79 Å². The van der Waals surface area contributed by atoms with Crippen molar-refractivity contribution < 1.29 is 19.1 Å². The second kappa shape index (κ2) is 8.73. The highest BCUT2D eigenvalue weighted by molar-refractivity contribution is 6.00. The number of aromatic carboxylic acids is 1. The number of oxazole rings is 1. The number of benzene rings is 2. The summed E-state index contributed by atoms with van der Waals surface area (Å²) in [6.45, 7) is 6.08. The molecule has 0 aliphatic heterocycles. The molecule has 3 rings (SSSR count). The van der Waals surface area contributed by atoms with Gasteiger partial charge in [-0.1, -0.05) is 49.7 Å². The summed E-state index contributed by atoms with van der Waals surface area (Å²) in [5.74, 6) is 0.207. The molecule has 6 nitrogen and oxygen atoms in total. The van der Waals surface area contributed by atoms with Crippen molar-refractivity contribution in [3.8, 4) is 11.3 Å². The van der Waals surface area contributed by atoms with Crippen LogP contribution in [-0.4, -0.2) is 22.0 Å². The first-order valence-electron chi connectivity index (χ1n) is 9.52. The molecule has 2 aromatic carbocycles. The van der Waals surface area contributed by atoms with Crippen molar-refractivity contribution in [2.24, 2.45) is 0 Å². The molecule has 0 aliphatic carbocycles. The average molecular weight is 392 g/mol. The number of carboxylic acid groups (broad SMARTS) is 1. The van der Waals surface area contributed by atoms with E-state index < -0.39 is 5.97 Å². The number of aryl methyl sites for hydroxylation is 2. The van der Waals surface area contributed by atoms with Gasteiger partial charge < -0.3 is 14.8 Å². The number of nitrogens with zero attached hydrogens (tertiary/aromatic N) is 1. The summed E-state index contributed by atoms with van der Waals surface area (Å²) >= 11 is 0. The molecule has 1 aromatic heterocycles. The van der Waals surface area contributed by atoms with Gasteiger partial charge in [0.1, 0.15) is 0 Å². The zero-order valence-corrected chi connectivity index (χ0v) is 16.7. The van der Waals surface area contributed by atoms with Crippen LogP contribution in [0.15, 0.2) is 53.1 Å². The maximum absolute atomic E-state index is 12.3. The van der Waals surface area contributed by atoms with E-state index in [9.17, 15) is 14.7 Å². The van der Waals surface area contributed by atoms with Crippen LogP contribution in [0, 0.1) is 6.92 Å². The number of nitrogens with one attached hydrogen (secondary N) is 1. The number of aromatic nitrogens is 1. The zero-order chi connectivity index (χ0) is 21.0. The number of carbonyl (C=O) groups excluding carboxylic acids is 1. The van der Waals surface area contributed by atoms with Gasteiger partial charge in [0, 0.05) is 18.4 Å². The largest absolute Gasteiger partial charge is 0.478 e. The van der Waals surface area contributed by atoms with E-state index in [4.69, 9.17) is 4.42 Å². The predicted octanol–water partition coefficient (Wildman–Crippen LogP) is 5.04. The molecule has 0 unspecified atom stereocenters. The van der Waals surface area contributed by atoms with E-state index >= 15 is 0 Å². The summed E-state index contributed by atoms with van der Waals surface area (Å²) < 4.78 is 5.76. The molecule has 0 radical (unpaired) electrons. The highest BCUT2D eigenvalue weighted by Gasteiger charge is 2.14. The van der Waals surface area contributed by atoms with Crippen molar-refractivity contribution >= 4 is 17.6 Å². The molecule has 1 heterocycles. The molecular formula is C23H24N2O4. The van der Waals surface area contributed by atoms with Crippen LogP contribution in [0.3, 0.4) is 0 Å². The van der Waals surface area contributed by atoms with Gasteiger partial charge in [-0.15, -0.1) is 0 Å². The van der Waals surface area contributed by atoms with Crippen molar-refractivity contribution in [2.75, 3.05) is 5.32 Å². The molecule has 1 amide bonds. The molecule has 2 N–H and O–H groups in total. The minimum Gasteiger partial charge on any atom is -0.478 e. The van der Waals surface area contributed by atoms with Crippen LogP contribution >= 0.6 is 0 Å². The van der Waals surface area contributed by atoms with Gasteiger partial charge in [-0.25, -0.2) is 9.78 Å². The molecule has 0 saturated heterocycles. The van der Waals surface area contributed by atoms with Crippen LogP contribution in [0.25, 0.3) is 11.3 Å². The SMILES string of the molecule is Cc1ccc(NC(=O)CCc2ncc(-c3ccc(C(C)C)cc3)o2)c(C(=O)O)c1. The third-order valence-corrected chi connectivity index (χ3v) is 4.66. The second-order valence-electron chi connectivity index (χ2n) is 7.30. The summed E-state index contributed by atoms with van der Waals surface area (Å²) in [6.07, 6.45) is 2.11. The highest BCUT2D eigenvalue weighted by atomic mass is 16.4. The fourth-order valence-electron chi connectivity index (χ4n) is 2.97. The maximum atomic E-state index is 12.3. The lowest BCUT2D eigenvalue weighted by atomic mass is 10.0. The Balaban J connectivity index is 1.61. The molecule has 0 saturated carbocycles. The van der Waals surface area contributed by atoms with Crippen LogP contribution in [-0.2, 0) is 11.2 Å². The van der Waals surface area contributed by atoms with Gasteiger partial charge in [-0.2, -0.15) is 0 Å². The van der Waals surface area contributed by atoms with Crippen LogP contribution < -0.4 is 5.32 Å². The Morgan fingerprint density at radius 3 is 2.52 bits per heavy atom. The lowest BCUT2D eigenvalue weighted by Gasteiger charge is -2.09. The number of anilines is 1. The predicted molar refractivity (Wildman–Crippen MR) is 111 cm³/mol. The van der Waals surface area contributed by atoms with Crippen molar-refractivity contribution in [1.29, 1.82) is 0 Å². The number of carbonyl (C=O) groups is 2. The first kappa shape index (κ1) is 20.3. The van der Waals surface area contributed by atoms with E-state index in [1.807, 2.05) is 12.1 Å². The van der Waals surface area contributed by atoms with Crippen molar-refractivity contribution in [3.63, 3.8) is 0 Å². The molecule has 0 atom stereocenters. The second-order valence-corrected chi connectivity index (χ2v) is 7.30. The van der Waals surface area contributed by atoms with Crippen LogP contribution in [0.2, 0.25) is 0 Å². The minimum absolute atomic E-state index is 0.0709. The van der Waals surface area contributed by atoms with Gasteiger partial charge in [0.05, 0.1) is 17.4 Å². The third kappa shape index (κ3) is 5.10. The van der Waals surface area contributed by atoms with E-state index in [0.717, 1.165) is 11.1 Å². The topological polar surface area (TPSA) is 92.4 Å². The van der Waals surface area contributed by atoms with Crippen LogP contribution in [0.1, 0.15) is 53.6 Å². The fourth-order valence-corrected chi connectivity index (χ4v) is 2.97. The quantitative estimate of drug-likeness (QED) is 0.587. The Kier molecular flexibility index (Phi) is 6.12. The van der Waals surface area contributed by atoms with Gasteiger partial charge in [0.25, 0.3) is 0 Å². The summed E-state index contributed by atoms with van der Waals surface area (Å²) in [4.78, 5) is 27.9. The van der Waals surface area contributed by atoms with Crippen LogP contribution in [0.4, 0.5) is 5.69 Å². The molecule has 0 fully saturated rings. The van der Waals surface area contributed by atoms with Crippen molar-refractivity contribution in [3.05, 3.63) is 71.2 Å². The number of carboxylic acids is 1. The van der Waals surface area contributed by atoms with Gasteiger partial charge in [0.15, 0.2) is 11.7 Å². The molecular weight excluding hydrogens is 368 g/mol. The molecule has 3 aromatic rings. The molecule has 0 bridgehead atoms. The highest BCUT2D eigenvalue weighted by Crippen LogP contribution is 2.24. The Labute approximate surface area is 169 Å². The smallest absolute Gasteiger partial charge is 0.337 e. The number of hydrogen-bond donors (Lipinski definition) is 2. The Morgan fingerprint density at radius 2 is 1.86 bits per heavy atom. The van der Waals surface area contributed by atoms with E-state index in [1.54, 1.807) is 25.3 Å². The van der Waals surface area contributed by atoms with Crippen molar-refractivity contribution in [1.82, 2.24) is 4.98 Å². The molecule has 29 heavy (non-hydrogen) atoms. The Bertz CT molecular complexity index is 1020. The standard InChI is InChI=1S/C23H24N2O4/c1-14(2)16-5-7-17(8-6-16)20-13-24-22(29-20)11-10-21(26)25-19-9-4-15(3)12-18(19)23(27)28/h4-9,12-14H,10-11H2,1-3H3,(H,25,26)(H,27,28). The van der Waals surface area contributed by atoms with E-state index in [2.05, 4.69) is 36.3 Å².